The van der Waals surface area contributed by atoms with Crippen LogP contribution in [-0.2, 0) is 4.79 Å². The summed E-state index contributed by atoms with van der Waals surface area (Å²) in [5.74, 6) is -0.197. The number of carbonyl (C=O) groups is 1. The van der Waals surface area contributed by atoms with E-state index in [4.69, 9.17) is 0 Å². The molecule has 0 bridgehead atoms. The molecule has 0 aromatic carbocycles. The number of hydrogen-bond donors (Lipinski definition) is 1. The molecule has 1 aliphatic rings. The monoisotopic (exact) mass is 235 g/mol. The zero-order valence-electron chi connectivity index (χ0n) is 10.3. The van der Waals surface area contributed by atoms with Gasteiger partial charge in [-0.1, -0.05) is 0 Å². The van der Waals surface area contributed by atoms with Crippen LogP contribution in [-0.4, -0.2) is 32.9 Å². The predicted molar refractivity (Wildman–Crippen MR) is 64.0 cm³/mol. The van der Waals surface area contributed by atoms with Crippen molar-refractivity contribution >= 4 is 11.8 Å². The SMILES string of the molecule is Cc1ccc(N(C2CC2)C(C)(C)C(=O)O)nn1. The summed E-state index contributed by atoms with van der Waals surface area (Å²) in [5, 5.41) is 17.4. The van der Waals surface area contributed by atoms with Gasteiger partial charge in [-0.25, -0.2) is 4.79 Å². The van der Waals surface area contributed by atoms with E-state index in [9.17, 15) is 9.90 Å². The molecule has 1 saturated carbocycles. The highest BCUT2D eigenvalue weighted by molar-refractivity contribution is 5.82. The van der Waals surface area contributed by atoms with Crippen LogP contribution in [0.1, 0.15) is 32.4 Å². The Hall–Kier alpha value is -1.65. The molecule has 1 N–H and O–H groups in total. The van der Waals surface area contributed by atoms with Crippen molar-refractivity contribution in [2.75, 3.05) is 4.90 Å². The third-order valence-electron chi connectivity index (χ3n) is 3.07. The van der Waals surface area contributed by atoms with Crippen LogP contribution in [0.15, 0.2) is 12.1 Å². The number of aromatic nitrogens is 2. The predicted octanol–water partition coefficient (Wildman–Crippen LogP) is 1.62. The minimum absolute atomic E-state index is 0.276. The van der Waals surface area contributed by atoms with E-state index in [2.05, 4.69) is 10.2 Å². The van der Waals surface area contributed by atoms with Crippen molar-refractivity contribution in [3.63, 3.8) is 0 Å². The summed E-state index contributed by atoms with van der Waals surface area (Å²) in [5.41, 5.74) is -0.122. The largest absolute Gasteiger partial charge is 0.480 e. The maximum absolute atomic E-state index is 11.3. The van der Waals surface area contributed by atoms with E-state index in [-0.39, 0.29) is 6.04 Å². The molecule has 0 saturated heterocycles. The van der Waals surface area contributed by atoms with Gasteiger partial charge in [0.2, 0.25) is 0 Å². The van der Waals surface area contributed by atoms with Gasteiger partial charge in [-0.05, 0) is 45.7 Å². The Labute approximate surface area is 100 Å². The van der Waals surface area contributed by atoms with Gasteiger partial charge in [0.15, 0.2) is 5.82 Å². The molecule has 0 unspecified atom stereocenters. The van der Waals surface area contributed by atoms with Gasteiger partial charge in [-0.3, -0.25) is 0 Å². The lowest BCUT2D eigenvalue weighted by molar-refractivity contribution is -0.142. The maximum atomic E-state index is 11.3. The zero-order chi connectivity index (χ0) is 12.6. The number of rotatable bonds is 4. The van der Waals surface area contributed by atoms with Crippen LogP contribution in [0.3, 0.4) is 0 Å². The molecule has 1 aromatic heterocycles. The molecule has 92 valence electrons. The third kappa shape index (κ3) is 2.23. The zero-order valence-corrected chi connectivity index (χ0v) is 10.3. The Kier molecular flexibility index (Phi) is 2.77. The molecule has 0 amide bonds. The van der Waals surface area contributed by atoms with Crippen LogP contribution in [0, 0.1) is 6.92 Å². The summed E-state index contributed by atoms with van der Waals surface area (Å²) in [4.78, 5) is 13.2. The minimum atomic E-state index is -0.953. The van der Waals surface area contributed by atoms with Crippen LogP contribution < -0.4 is 4.90 Å². The van der Waals surface area contributed by atoms with E-state index in [1.807, 2.05) is 24.0 Å². The van der Waals surface area contributed by atoms with Crippen molar-refractivity contribution in [1.82, 2.24) is 10.2 Å². The van der Waals surface area contributed by atoms with Gasteiger partial charge in [0.05, 0.1) is 5.69 Å². The number of aryl methyl sites for hydroxylation is 1. The van der Waals surface area contributed by atoms with Crippen molar-refractivity contribution in [3.05, 3.63) is 17.8 Å². The van der Waals surface area contributed by atoms with Crippen LogP contribution in [0.2, 0.25) is 0 Å². The molecular formula is C12H17N3O2. The average molecular weight is 235 g/mol. The van der Waals surface area contributed by atoms with Crippen LogP contribution >= 0.6 is 0 Å². The van der Waals surface area contributed by atoms with Gasteiger partial charge in [-0.15, -0.1) is 5.10 Å². The summed E-state index contributed by atoms with van der Waals surface area (Å²) < 4.78 is 0. The molecule has 2 rings (SSSR count). The van der Waals surface area contributed by atoms with E-state index in [0.717, 1.165) is 18.5 Å². The summed E-state index contributed by atoms with van der Waals surface area (Å²) in [6.45, 7) is 5.27. The van der Waals surface area contributed by atoms with E-state index in [1.54, 1.807) is 13.8 Å². The normalized spacial score (nSPS) is 15.7. The van der Waals surface area contributed by atoms with Crippen molar-refractivity contribution < 1.29 is 9.90 Å². The second-order valence-electron chi connectivity index (χ2n) is 5.00. The Morgan fingerprint density at radius 2 is 2.06 bits per heavy atom. The topological polar surface area (TPSA) is 66.3 Å². The number of carboxylic acid groups (broad SMARTS) is 1. The van der Waals surface area contributed by atoms with Crippen LogP contribution in [0.25, 0.3) is 0 Å². The Bertz CT molecular complexity index is 424. The summed E-state index contributed by atoms with van der Waals surface area (Å²) >= 11 is 0. The first-order valence-electron chi connectivity index (χ1n) is 5.76. The minimum Gasteiger partial charge on any atom is -0.480 e. The highest BCUT2D eigenvalue weighted by atomic mass is 16.4. The van der Waals surface area contributed by atoms with Crippen molar-refractivity contribution in [2.45, 2.75) is 45.2 Å². The van der Waals surface area contributed by atoms with Crippen LogP contribution in [0.4, 0.5) is 5.82 Å². The molecule has 1 aliphatic carbocycles. The number of nitrogens with zero attached hydrogens (tertiary/aromatic N) is 3. The first-order chi connectivity index (χ1) is 7.93. The first kappa shape index (κ1) is 11.8. The molecule has 1 aromatic rings. The van der Waals surface area contributed by atoms with Gasteiger partial charge in [0.1, 0.15) is 5.54 Å². The number of aliphatic carboxylic acids is 1. The number of hydrogen-bond acceptors (Lipinski definition) is 4. The molecule has 17 heavy (non-hydrogen) atoms. The highest BCUT2D eigenvalue weighted by Crippen LogP contribution is 2.36. The molecule has 0 spiro atoms. The lowest BCUT2D eigenvalue weighted by atomic mass is 10.0. The second kappa shape index (κ2) is 3.98. The summed E-state index contributed by atoms with van der Waals surface area (Å²) in [6, 6.07) is 3.97. The Morgan fingerprint density at radius 3 is 2.47 bits per heavy atom. The van der Waals surface area contributed by atoms with E-state index >= 15 is 0 Å². The summed E-state index contributed by atoms with van der Waals surface area (Å²) in [7, 11) is 0. The first-order valence-corrected chi connectivity index (χ1v) is 5.76. The highest BCUT2D eigenvalue weighted by Gasteiger charge is 2.44. The van der Waals surface area contributed by atoms with Gasteiger partial charge in [0, 0.05) is 6.04 Å². The molecule has 0 atom stereocenters. The molecule has 5 heteroatoms. The summed E-state index contributed by atoms with van der Waals surface area (Å²) in [6.07, 6.45) is 2.04. The number of carboxylic acids is 1. The fourth-order valence-electron chi connectivity index (χ4n) is 1.89. The smallest absolute Gasteiger partial charge is 0.329 e. The molecule has 0 radical (unpaired) electrons. The molecule has 5 nitrogen and oxygen atoms in total. The van der Waals surface area contributed by atoms with Crippen molar-refractivity contribution in [1.29, 1.82) is 0 Å². The molecule has 1 fully saturated rings. The number of anilines is 1. The fraction of sp³-hybridized carbons (Fsp3) is 0.583. The van der Waals surface area contributed by atoms with E-state index in [0.29, 0.717) is 5.82 Å². The van der Waals surface area contributed by atoms with E-state index < -0.39 is 11.5 Å². The maximum Gasteiger partial charge on any atom is 0.329 e. The lowest BCUT2D eigenvalue weighted by Crippen LogP contribution is -2.52. The van der Waals surface area contributed by atoms with Gasteiger partial charge < -0.3 is 10.0 Å². The van der Waals surface area contributed by atoms with E-state index in [1.165, 1.54) is 0 Å². The molecule has 1 heterocycles. The average Bonchev–Trinajstić information content (AvgIpc) is 3.05. The van der Waals surface area contributed by atoms with Gasteiger partial charge >= 0.3 is 5.97 Å². The second-order valence-corrected chi connectivity index (χ2v) is 5.00. The lowest BCUT2D eigenvalue weighted by Gasteiger charge is -2.36. The van der Waals surface area contributed by atoms with Crippen LogP contribution in [0.5, 0.6) is 0 Å². The van der Waals surface area contributed by atoms with Crippen molar-refractivity contribution in [3.8, 4) is 0 Å². The Balaban J connectivity index is 2.35. The quantitative estimate of drug-likeness (QED) is 0.859. The third-order valence-corrected chi connectivity index (χ3v) is 3.07. The standard InChI is InChI=1S/C12H17N3O2/c1-8-4-7-10(14-13-8)15(9-5-6-9)12(2,3)11(16)17/h4,7,9H,5-6H2,1-3H3,(H,16,17). The van der Waals surface area contributed by atoms with Gasteiger partial charge in [0.25, 0.3) is 0 Å². The molecular weight excluding hydrogens is 218 g/mol. The van der Waals surface area contributed by atoms with Gasteiger partial charge in [-0.2, -0.15) is 5.10 Å². The Morgan fingerprint density at radius 1 is 1.41 bits per heavy atom. The van der Waals surface area contributed by atoms with Crippen molar-refractivity contribution in [2.24, 2.45) is 0 Å². The fourth-order valence-corrected chi connectivity index (χ4v) is 1.89. The molecule has 0 aliphatic heterocycles.